The molecule has 0 aliphatic carbocycles. The van der Waals surface area contributed by atoms with Crippen LogP contribution in [0, 0.1) is 0 Å². The van der Waals surface area contributed by atoms with Crippen molar-refractivity contribution in [2.75, 3.05) is 27.3 Å². The van der Waals surface area contributed by atoms with E-state index in [1.54, 1.807) is 14.2 Å². The molecule has 7 heteroatoms. The van der Waals surface area contributed by atoms with Crippen molar-refractivity contribution in [3.05, 3.63) is 60.1 Å². The number of aromatic amines is 1. The van der Waals surface area contributed by atoms with Gasteiger partial charge < -0.3 is 19.0 Å². The summed E-state index contributed by atoms with van der Waals surface area (Å²) >= 11 is 0. The van der Waals surface area contributed by atoms with Crippen molar-refractivity contribution in [2.45, 2.75) is 25.3 Å². The number of piperidine rings is 1. The highest BCUT2D eigenvalue weighted by atomic mass is 16.5. The van der Waals surface area contributed by atoms with Crippen LogP contribution in [0.3, 0.4) is 0 Å². The second-order valence-corrected chi connectivity index (χ2v) is 7.92. The van der Waals surface area contributed by atoms with Gasteiger partial charge in [-0.05, 0) is 61.7 Å². The van der Waals surface area contributed by atoms with Crippen molar-refractivity contribution < 1.29 is 14.0 Å². The third kappa shape index (κ3) is 3.88. The van der Waals surface area contributed by atoms with Gasteiger partial charge in [0.25, 0.3) is 0 Å². The van der Waals surface area contributed by atoms with Crippen LogP contribution in [-0.2, 0) is 6.54 Å². The third-order valence-electron chi connectivity index (χ3n) is 6.12. The number of para-hydroxylation sites is 1. The second-order valence-electron chi connectivity index (χ2n) is 7.92. The van der Waals surface area contributed by atoms with Gasteiger partial charge >= 0.3 is 0 Å². The molecule has 3 heterocycles. The van der Waals surface area contributed by atoms with Crippen molar-refractivity contribution >= 4 is 10.9 Å². The number of rotatable bonds is 6. The van der Waals surface area contributed by atoms with Crippen LogP contribution >= 0.6 is 0 Å². The zero-order valence-electron chi connectivity index (χ0n) is 17.8. The molecule has 1 aliphatic heterocycles. The molecule has 1 N–H and O–H groups in total. The maximum Gasteiger partial charge on any atom is 0.241 e. The first kappa shape index (κ1) is 19.6. The molecule has 4 aromatic rings. The number of nitrogens with zero attached hydrogens (tertiary/aromatic N) is 3. The first-order chi connectivity index (χ1) is 15.2. The molecule has 2 aromatic carbocycles. The molecule has 31 heavy (non-hydrogen) atoms. The summed E-state index contributed by atoms with van der Waals surface area (Å²) in [5.74, 6) is 3.09. The number of benzene rings is 2. The van der Waals surface area contributed by atoms with Gasteiger partial charge in [-0.15, -0.1) is 0 Å². The molecule has 0 unspecified atom stereocenters. The SMILES string of the molecule is COc1ccc(-c2noc(CN3CCC(c4c[nH]c5ccccc45)CC3)n2)cc1OC. The van der Waals surface area contributed by atoms with Crippen molar-refractivity contribution in [2.24, 2.45) is 0 Å². The van der Waals surface area contributed by atoms with Crippen molar-refractivity contribution in [1.82, 2.24) is 20.0 Å². The molecule has 0 amide bonds. The molecule has 1 saturated heterocycles. The molecule has 7 nitrogen and oxygen atoms in total. The summed E-state index contributed by atoms with van der Waals surface area (Å²) in [6, 6.07) is 14.1. The van der Waals surface area contributed by atoms with E-state index in [0.717, 1.165) is 31.5 Å². The van der Waals surface area contributed by atoms with E-state index < -0.39 is 0 Å². The lowest BCUT2D eigenvalue weighted by Crippen LogP contribution is -2.32. The average molecular weight is 418 g/mol. The Kier molecular flexibility index (Phi) is 5.34. The summed E-state index contributed by atoms with van der Waals surface area (Å²) in [7, 11) is 3.23. The van der Waals surface area contributed by atoms with Gasteiger partial charge in [-0.1, -0.05) is 23.4 Å². The Morgan fingerprint density at radius 1 is 1.06 bits per heavy atom. The smallest absolute Gasteiger partial charge is 0.241 e. The van der Waals surface area contributed by atoms with E-state index >= 15 is 0 Å². The fraction of sp³-hybridized carbons (Fsp3) is 0.333. The van der Waals surface area contributed by atoms with E-state index in [0.29, 0.717) is 35.7 Å². The first-order valence-corrected chi connectivity index (χ1v) is 10.6. The van der Waals surface area contributed by atoms with E-state index in [1.165, 1.54) is 16.5 Å². The summed E-state index contributed by atoms with van der Waals surface area (Å²) in [6.07, 6.45) is 4.43. The molecule has 1 fully saturated rings. The lowest BCUT2D eigenvalue weighted by atomic mass is 9.89. The highest BCUT2D eigenvalue weighted by Gasteiger charge is 2.24. The second kappa shape index (κ2) is 8.43. The average Bonchev–Trinajstić information content (AvgIpc) is 3.46. The number of ether oxygens (including phenoxy) is 2. The molecule has 0 atom stereocenters. The van der Waals surface area contributed by atoms with Crippen LogP contribution in [0.4, 0.5) is 0 Å². The standard InChI is InChI=1S/C24H26N4O3/c1-29-21-8-7-17(13-22(21)30-2)24-26-23(31-27-24)15-28-11-9-16(10-12-28)19-14-25-20-6-4-3-5-18(19)20/h3-8,13-14,16,25H,9-12,15H2,1-2H3. The molecule has 160 valence electrons. The topological polar surface area (TPSA) is 76.4 Å². The van der Waals surface area contributed by atoms with Crippen LogP contribution < -0.4 is 9.47 Å². The normalized spacial score (nSPS) is 15.4. The summed E-state index contributed by atoms with van der Waals surface area (Å²) < 4.78 is 16.2. The number of fused-ring (bicyclic) bond motifs is 1. The molecule has 5 rings (SSSR count). The molecule has 0 radical (unpaired) electrons. The van der Waals surface area contributed by atoms with E-state index in [4.69, 9.17) is 14.0 Å². The summed E-state index contributed by atoms with van der Waals surface area (Å²) in [4.78, 5) is 10.4. The number of aromatic nitrogens is 3. The van der Waals surface area contributed by atoms with Crippen LogP contribution in [-0.4, -0.2) is 47.3 Å². The van der Waals surface area contributed by atoms with Crippen LogP contribution in [0.25, 0.3) is 22.3 Å². The van der Waals surface area contributed by atoms with Crippen molar-refractivity contribution in [3.63, 3.8) is 0 Å². The fourth-order valence-corrected chi connectivity index (χ4v) is 4.44. The van der Waals surface area contributed by atoms with Gasteiger partial charge in [0.15, 0.2) is 11.5 Å². The van der Waals surface area contributed by atoms with Gasteiger partial charge in [-0.25, -0.2) is 0 Å². The minimum absolute atomic E-state index is 0.560. The molecule has 0 spiro atoms. The number of likely N-dealkylation sites (tertiary alicyclic amines) is 1. The van der Waals surface area contributed by atoms with Gasteiger partial charge in [-0.2, -0.15) is 4.98 Å². The number of nitrogens with one attached hydrogen (secondary N) is 1. The molecular formula is C24H26N4O3. The highest BCUT2D eigenvalue weighted by Crippen LogP contribution is 2.34. The van der Waals surface area contributed by atoms with Crippen LogP contribution in [0.5, 0.6) is 11.5 Å². The number of hydrogen-bond acceptors (Lipinski definition) is 6. The van der Waals surface area contributed by atoms with Crippen LogP contribution in [0.2, 0.25) is 0 Å². The number of H-pyrrole nitrogens is 1. The lowest BCUT2D eigenvalue weighted by molar-refractivity contribution is 0.181. The predicted octanol–water partition coefficient (Wildman–Crippen LogP) is 4.61. The minimum Gasteiger partial charge on any atom is -0.493 e. The summed E-state index contributed by atoms with van der Waals surface area (Å²) in [6.45, 7) is 2.69. The quantitative estimate of drug-likeness (QED) is 0.493. The van der Waals surface area contributed by atoms with Crippen molar-refractivity contribution in [1.29, 1.82) is 0 Å². The molecular weight excluding hydrogens is 392 g/mol. The molecule has 0 bridgehead atoms. The maximum atomic E-state index is 5.53. The maximum absolute atomic E-state index is 5.53. The van der Waals surface area contributed by atoms with Gasteiger partial charge in [0.1, 0.15) is 0 Å². The van der Waals surface area contributed by atoms with Gasteiger partial charge in [0, 0.05) is 22.7 Å². The number of hydrogen-bond donors (Lipinski definition) is 1. The van der Waals surface area contributed by atoms with E-state index in [-0.39, 0.29) is 0 Å². The Balaban J connectivity index is 1.23. The van der Waals surface area contributed by atoms with E-state index in [1.807, 2.05) is 18.2 Å². The number of methoxy groups -OCH3 is 2. The minimum atomic E-state index is 0.560. The highest BCUT2D eigenvalue weighted by molar-refractivity contribution is 5.83. The van der Waals surface area contributed by atoms with Gasteiger partial charge in [-0.3, -0.25) is 4.90 Å². The fourth-order valence-electron chi connectivity index (χ4n) is 4.44. The Bertz CT molecular complexity index is 1170. The molecule has 2 aromatic heterocycles. The Morgan fingerprint density at radius 2 is 1.87 bits per heavy atom. The zero-order valence-corrected chi connectivity index (χ0v) is 17.8. The summed E-state index contributed by atoms with van der Waals surface area (Å²) in [5, 5.41) is 5.50. The Hall–Kier alpha value is -3.32. The van der Waals surface area contributed by atoms with Crippen LogP contribution in [0.15, 0.2) is 53.2 Å². The van der Waals surface area contributed by atoms with Gasteiger partial charge in [0.2, 0.25) is 11.7 Å². The van der Waals surface area contributed by atoms with Gasteiger partial charge in [0.05, 0.1) is 20.8 Å². The Labute approximate surface area is 181 Å². The van der Waals surface area contributed by atoms with E-state index in [9.17, 15) is 0 Å². The van der Waals surface area contributed by atoms with E-state index in [2.05, 4.69) is 50.5 Å². The third-order valence-corrected chi connectivity index (χ3v) is 6.12. The monoisotopic (exact) mass is 418 g/mol. The van der Waals surface area contributed by atoms with Crippen LogP contribution in [0.1, 0.15) is 30.2 Å². The first-order valence-electron chi connectivity index (χ1n) is 10.6. The largest absolute Gasteiger partial charge is 0.493 e. The molecule has 1 aliphatic rings. The Morgan fingerprint density at radius 3 is 2.68 bits per heavy atom. The lowest BCUT2D eigenvalue weighted by Gasteiger charge is -2.30. The molecule has 0 saturated carbocycles. The van der Waals surface area contributed by atoms with Crippen molar-refractivity contribution in [3.8, 4) is 22.9 Å². The zero-order chi connectivity index (χ0) is 21.2. The predicted molar refractivity (Wildman–Crippen MR) is 118 cm³/mol. The summed E-state index contributed by atoms with van der Waals surface area (Å²) in [5.41, 5.74) is 3.49.